The highest BCUT2D eigenvalue weighted by atomic mass is 79.9. The molecule has 1 amide bonds. The van der Waals surface area contributed by atoms with E-state index in [1.54, 1.807) is 12.1 Å². The first-order chi connectivity index (χ1) is 7.54. The van der Waals surface area contributed by atoms with E-state index in [2.05, 4.69) is 26.5 Å². The number of hydrogen-bond acceptors (Lipinski definition) is 4. The van der Waals surface area contributed by atoms with Crippen molar-refractivity contribution in [3.05, 3.63) is 22.2 Å². The van der Waals surface area contributed by atoms with Crippen LogP contribution in [0.1, 0.15) is 12.5 Å². The number of phenolic OH excluding ortho intramolecular Hbond substituents is 1. The van der Waals surface area contributed by atoms with Gasteiger partial charge in [-0.3, -0.25) is 4.79 Å². The van der Waals surface area contributed by atoms with E-state index < -0.39 is 0 Å². The van der Waals surface area contributed by atoms with E-state index in [9.17, 15) is 9.90 Å². The van der Waals surface area contributed by atoms with Gasteiger partial charge in [-0.1, -0.05) is 0 Å². The van der Waals surface area contributed by atoms with E-state index in [1.165, 1.54) is 20.2 Å². The van der Waals surface area contributed by atoms with Crippen LogP contribution in [-0.2, 0) is 4.79 Å². The molecule has 0 aromatic heterocycles. The zero-order chi connectivity index (χ0) is 12.1. The molecule has 86 valence electrons. The van der Waals surface area contributed by atoms with Gasteiger partial charge in [0.15, 0.2) is 11.5 Å². The third-order valence-electron chi connectivity index (χ3n) is 1.71. The first-order valence-electron chi connectivity index (χ1n) is 4.40. The number of amides is 1. The van der Waals surface area contributed by atoms with Crippen molar-refractivity contribution in [1.29, 1.82) is 0 Å². The summed E-state index contributed by atoms with van der Waals surface area (Å²) in [6.07, 6.45) is 1.45. The number of nitrogens with zero attached hydrogens (tertiary/aromatic N) is 1. The van der Waals surface area contributed by atoms with Gasteiger partial charge >= 0.3 is 0 Å². The fourth-order valence-electron chi connectivity index (χ4n) is 1.02. The molecule has 2 N–H and O–H groups in total. The molecule has 5 nitrogen and oxygen atoms in total. The van der Waals surface area contributed by atoms with Crippen molar-refractivity contribution in [3.63, 3.8) is 0 Å². The Hall–Kier alpha value is -1.56. The number of aromatic hydroxyl groups is 1. The van der Waals surface area contributed by atoms with Crippen LogP contribution in [-0.4, -0.2) is 24.3 Å². The number of benzene rings is 1. The second kappa shape index (κ2) is 5.50. The van der Waals surface area contributed by atoms with Crippen molar-refractivity contribution in [2.75, 3.05) is 7.11 Å². The molecule has 0 saturated heterocycles. The summed E-state index contributed by atoms with van der Waals surface area (Å²) in [5, 5.41) is 13.3. The average Bonchev–Trinajstić information content (AvgIpc) is 2.22. The summed E-state index contributed by atoms with van der Waals surface area (Å²) in [6.45, 7) is 1.37. The maximum atomic E-state index is 10.6. The molecule has 0 radical (unpaired) electrons. The molecule has 0 aliphatic rings. The normalized spacial score (nSPS) is 10.4. The Kier molecular flexibility index (Phi) is 4.30. The Morgan fingerprint density at radius 3 is 2.88 bits per heavy atom. The standard InChI is InChI=1S/C10H11BrN2O3/c1-6(14)13-12-5-7-3-8(11)10(15)9(4-7)16-2/h3-5,15H,1-2H3,(H,13,14). The fraction of sp³-hybridized carbons (Fsp3) is 0.200. The van der Waals surface area contributed by atoms with Crippen LogP contribution in [0.15, 0.2) is 21.7 Å². The number of carbonyl (C=O) groups excluding carboxylic acids is 1. The van der Waals surface area contributed by atoms with Crippen molar-refractivity contribution in [2.45, 2.75) is 6.92 Å². The van der Waals surface area contributed by atoms with Crippen LogP contribution in [0.3, 0.4) is 0 Å². The number of hydrazone groups is 1. The van der Waals surface area contributed by atoms with Crippen LogP contribution in [0.5, 0.6) is 11.5 Å². The van der Waals surface area contributed by atoms with Gasteiger partial charge in [-0.15, -0.1) is 0 Å². The third-order valence-corrected chi connectivity index (χ3v) is 2.31. The highest BCUT2D eigenvalue weighted by Crippen LogP contribution is 2.34. The molecule has 16 heavy (non-hydrogen) atoms. The Morgan fingerprint density at radius 1 is 1.62 bits per heavy atom. The van der Waals surface area contributed by atoms with Gasteiger partial charge in [-0.05, 0) is 33.6 Å². The predicted octanol–water partition coefficient (Wildman–Crippen LogP) is 1.63. The Balaban J connectivity index is 2.93. The molecule has 1 aromatic rings. The summed E-state index contributed by atoms with van der Waals surface area (Å²) < 4.78 is 5.46. The molecule has 0 aliphatic carbocycles. The molecule has 0 aliphatic heterocycles. The highest BCUT2D eigenvalue weighted by molar-refractivity contribution is 9.10. The maximum Gasteiger partial charge on any atom is 0.236 e. The summed E-state index contributed by atoms with van der Waals surface area (Å²) in [5.41, 5.74) is 2.97. The molecule has 0 bridgehead atoms. The summed E-state index contributed by atoms with van der Waals surface area (Å²) in [7, 11) is 1.45. The molecule has 0 fully saturated rings. The number of phenols is 1. The Morgan fingerprint density at radius 2 is 2.31 bits per heavy atom. The lowest BCUT2D eigenvalue weighted by atomic mass is 10.2. The largest absolute Gasteiger partial charge is 0.503 e. The lowest BCUT2D eigenvalue weighted by Gasteiger charge is -2.06. The SMILES string of the molecule is COc1cc(C=NNC(C)=O)cc(Br)c1O. The van der Waals surface area contributed by atoms with E-state index in [-0.39, 0.29) is 11.7 Å². The van der Waals surface area contributed by atoms with Crippen molar-refractivity contribution in [3.8, 4) is 11.5 Å². The first kappa shape index (κ1) is 12.5. The van der Waals surface area contributed by atoms with Crippen LogP contribution in [0.4, 0.5) is 0 Å². The molecule has 0 atom stereocenters. The lowest BCUT2D eigenvalue weighted by molar-refractivity contribution is -0.118. The van der Waals surface area contributed by atoms with Gasteiger partial charge in [0, 0.05) is 6.92 Å². The van der Waals surface area contributed by atoms with Crippen LogP contribution in [0, 0.1) is 0 Å². The third kappa shape index (κ3) is 3.23. The number of rotatable bonds is 3. The van der Waals surface area contributed by atoms with E-state index in [0.29, 0.717) is 15.8 Å². The molecular formula is C10H11BrN2O3. The van der Waals surface area contributed by atoms with E-state index in [1.807, 2.05) is 0 Å². The number of nitrogens with one attached hydrogen (secondary N) is 1. The second-order valence-corrected chi connectivity index (χ2v) is 3.83. The monoisotopic (exact) mass is 286 g/mol. The smallest absolute Gasteiger partial charge is 0.236 e. The average molecular weight is 287 g/mol. The lowest BCUT2D eigenvalue weighted by Crippen LogP contribution is -2.12. The van der Waals surface area contributed by atoms with Gasteiger partial charge in [0.2, 0.25) is 5.91 Å². The molecule has 0 spiro atoms. The van der Waals surface area contributed by atoms with Gasteiger partial charge in [0.05, 0.1) is 17.8 Å². The number of methoxy groups -OCH3 is 1. The van der Waals surface area contributed by atoms with Crippen LogP contribution in [0.25, 0.3) is 0 Å². The van der Waals surface area contributed by atoms with Gasteiger partial charge in [0.25, 0.3) is 0 Å². The van der Waals surface area contributed by atoms with Gasteiger partial charge < -0.3 is 9.84 Å². The topological polar surface area (TPSA) is 70.9 Å². The fourth-order valence-corrected chi connectivity index (χ4v) is 1.48. The van der Waals surface area contributed by atoms with Gasteiger partial charge in [-0.25, -0.2) is 5.43 Å². The molecule has 0 unspecified atom stereocenters. The summed E-state index contributed by atoms with van der Waals surface area (Å²) >= 11 is 3.18. The van der Waals surface area contributed by atoms with Crippen molar-refractivity contribution in [2.24, 2.45) is 5.10 Å². The van der Waals surface area contributed by atoms with E-state index >= 15 is 0 Å². The summed E-state index contributed by atoms with van der Waals surface area (Å²) in [5.74, 6) is 0.110. The zero-order valence-corrected chi connectivity index (χ0v) is 10.4. The van der Waals surface area contributed by atoms with Crippen LogP contribution in [0.2, 0.25) is 0 Å². The number of halogens is 1. The van der Waals surface area contributed by atoms with Gasteiger partial charge in [-0.2, -0.15) is 5.10 Å². The Labute approximate surface area is 101 Å². The van der Waals surface area contributed by atoms with E-state index in [4.69, 9.17) is 4.74 Å². The molecule has 0 heterocycles. The van der Waals surface area contributed by atoms with Crippen molar-refractivity contribution >= 4 is 28.1 Å². The van der Waals surface area contributed by atoms with Gasteiger partial charge in [0.1, 0.15) is 0 Å². The molecule has 0 saturated carbocycles. The van der Waals surface area contributed by atoms with Crippen molar-refractivity contribution < 1.29 is 14.6 Å². The first-order valence-corrected chi connectivity index (χ1v) is 5.20. The highest BCUT2D eigenvalue weighted by Gasteiger charge is 2.07. The Bertz CT molecular complexity index is 432. The molecule has 1 rings (SSSR count). The summed E-state index contributed by atoms with van der Waals surface area (Å²) in [4.78, 5) is 10.6. The number of carbonyl (C=O) groups is 1. The molecule has 6 heteroatoms. The second-order valence-electron chi connectivity index (χ2n) is 2.98. The molecule has 1 aromatic carbocycles. The maximum absolute atomic E-state index is 10.6. The quantitative estimate of drug-likeness (QED) is 0.655. The van der Waals surface area contributed by atoms with Crippen LogP contribution < -0.4 is 10.2 Å². The van der Waals surface area contributed by atoms with E-state index in [0.717, 1.165) is 0 Å². The van der Waals surface area contributed by atoms with Crippen LogP contribution >= 0.6 is 15.9 Å². The minimum absolute atomic E-state index is 0.0270. The van der Waals surface area contributed by atoms with Crippen molar-refractivity contribution in [1.82, 2.24) is 5.43 Å². The minimum Gasteiger partial charge on any atom is -0.503 e. The number of ether oxygens (including phenoxy) is 1. The predicted molar refractivity (Wildman–Crippen MR) is 63.8 cm³/mol. The minimum atomic E-state index is -0.249. The summed E-state index contributed by atoms with van der Waals surface area (Å²) in [6, 6.07) is 3.26. The number of hydrogen-bond donors (Lipinski definition) is 2. The molecular weight excluding hydrogens is 276 g/mol. The zero-order valence-electron chi connectivity index (χ0n) is 8.82.